The molecule has 0 aliphatic carbocycles. The van der Waals surface area contributed by atoms with Crippen LogP contribution >= 0.6 is 0 Å². The van der Waals surface area contributed by atoms with E-state index in [4.69, 9.17) is 19.9 Å². The summed E-state index contributed by atoms with van der Waals surface area (Å²) in [5.41, 5.74) is 9.23. The molecule has 0 saturated heterocycles. The first-order chi connectivity index (χ1) is 11.7. The third-order valence-corrected chi connectivity index (χ3v) is 3.73. The third-order valence-electron chi connectivity index (χ3n) is 3.73. The average Bonchev–Trinajstić information content (AvgIpc) is 3.02. The lowest BCUT2D eigenvalue weighted by atomic mass is 10.2. The van der Waals surface area contributed by atoms with E-state index < -0.39 is 0 Å². The number of aromatic nitrogens is 2. The summed E-state index contributed by atoms with van der Waals surface area (Å²) < 4.78 is 16.2. The van der Waals surface area contributed by atoms with Gasteiger partial charge < -0.3 is 24.9 Å². The minimum absolute atomic E-state index is 0.594. The number of hydrogen-bond donors (Lipinski definition) is 2. The van der Waals surface area contributed by atoms with Crippen LogP contribution in [-0.2, 0) is 0 Å². The fraction of sp³-hybridized carbons (Fsp3) is 0.278. The van der Waals surface area contributed by atoms with Crippen molar-refractivity contribution < 1.29 is 14.2 Å². The summed E-state index contributed by atoms with van der Waals surface area (Å²) in [6.45, 7) is 2.70. The quantitative estimate of drug-likeness (QED) is 0.676. The van der Waals surface area contributed by atoms with E-state index >= 15 is 0 Å². The summed E-state index contributed by atoms with van der Waals surface area (Å²) in [4.78, 5) is 7.90. The van der Waals surface area contributed by atoms with Gasteiger partial charge in [0.2, 0.25) is 0 Å². The predicted octanol–water partition coefficient (Wildman–Crippen LogP) is 3.62. The Labute approximate surface area is 140 Å². The SMILES string of the molecule is CCCOc1ccc(-c2nc3cc(OC)c(OC)cc3[nH]2)cc1N. The topological polar surface area (TPSA) is 82.4 Å². The van der Waals surface area contributed by atoms with E-state index in [1.165, 1.54) is 0 Å². The Bertz CT molecular complexity index is 817. The van der Waals surface area contributed by atoms with Gasteiger partial charge in [-0.3, -0.25) is 0 Å². The van der Waals surface area contributed by atoms with E-state index in [0.29, 0.717) is 29.5 Å². The van der Waals surface area contributed by atoms with Crippen molar-refractivity contribution >= 4 is 16.7 Å². The molecule has 0 aliphatic rings. The average molecular weight is 327 g/mol. The van der Waals surface area contributed by atoms with E-state index in [1.54, 1.807) is 14.2 Å². The summed E-state index contributed by atoms with van der Waals surface area (Å²) in [7, 11) is 3.21. The van der Waals surface area contributed by atoms with Gasteiger partial charge in [0, 0.05) is 17.7 Å². The van der Waals surface area contributed by atoms with Crippen LogP contribution in [0.5, 0.6) is 17.2 Å². The highest BCUT2D eigenvalue weighted by atomic mass is 16.5. The van der Waals surface area contributed by atoms with Gasteiger partial charge in [-0.1, -0.05) is 6.92 Å². The van der Waals surface area contributed by atoms with Crippen LogP contribution in [0, 0.1) is 0 Å². The number of aromatic amines is 1. The molecule has 6 nitrogen and oxygen atoms in total. The number of ether oxygens (including phenoxy) is 3. The standard InChI is InChI=1S/C18H21N3O3/c1-4-7-24-15-6-5-11(8-12(15)19)18-20-13-9-16(22-2)17(23-3)10-14(13)21-18/h5-6,8-10H,4,7,19H2,1-3H3,(H,20,21). The number of methoxy groups -OCH3 is 2. The maximum absolute atomic E-state index is 6.08. The lowest BCUT2D eigenvalue weighted by molar-refractivity contribution is 0.319. The van der Waals surface area contributed by atoms with E-state index in [9.17, 15) is 0 Å². The fourth-order valence-corrected chi connectivity index (χ4v) is 2.51. The Kier molecular flexibility index (Phi) is 4.46. The molecular formula is C18H21N3O3. The Balaban J connectivity index is 1.98. The molecule has 0 bridgehead atoms. The molecule has 0 spiro atoms. The van der Waals surface area contributed by atoms with Gasteiger partial charge in [0.1, 0.15) is 11.6 Å². The highest BCUT2D eigenvalue weighted by molar-refractivity contribution is 5.83. The molecule has 1 heterocycles. The second-order valence-corrected chi connectivity index (χ2v) is 5.41. The third kappa shape index (κ3) is 2.95. The van der Waals surface area contributed by atoms with Crippen LogP contribution in [0.2, 0.25) is 0 Å². The first-order valence-corrected chi connectivity index (χ1v) is 7.80. The molecule has 0 unspecified atom stereocenters. The summed E-state index contributed by atoms with van der Waals surface area (Å²) in [5, 5.41) is 0. The van der Waals surface area contributed by atoms with E-state index in [-0.39, 0.29) is 0 Å². The zero-order valence-corrected chi connectivity index (χ0v) is 14.1. The maximum atomic E-state index is 6.08. The van der Waals surface area contributed by atoms with Crippen molar-refractivity contribution in [3.05, 3.63) is 30.3 Å². The van der Waals surface area contributed by atoms with Gasteiger partial charge in [0.05, 0.1) is 37.5 Å². The Morgan fingerprint density at radius 2 is 1.79 bits per heavy atom. The van der Waals surface area contributed by atoms with Gasteiger partial charge in [-0.2, -0.15) is 0 Å². The number of benzene rings is 2. The largest absolute Gasteiger partial charge is 0.493 e. The van der Waals surface area contributed by atoms with Gasteiger partial charge in [-0.15, -0.1) is 0 Å². The molecule has 0 amide bonds. The molecule has 3 N–H and O–H groups in total. The van der Waals surface area contributed by atoms with Crippen molar-refractivity contribution in [1.82, 2.24) is 9.97 Å². The van der Waals surface area contributed by atoms with Crippen molar-refractivity contribution in [2.75, 3.05) is 26.6 Å². The van der Waals surface area contributed by atoms with Gasteiger partial charge in [0.25, 0.3) is 0 Å². The van der Waals surface area contributed by atoms with Gasteiger partial charge in [-0.25, -0.2) is 4.98 Å². The highest BCUT2D eigenvalue weighted by Crippen LogP contribution is 2.33. The van der Waals surface area contributed by atoms with Crippen LogP contribution in [0.1, 0.15) is 13.3 Å². The van der Waals surface area contributed by atoms with Crippen LogP contribution in [0.4, 0.5) is 5.69 Å². The Morgan fingerprint density at radius 3 is 2.46 bits per heavy atom. The first-order valence-electron chi connectivity index (χ1n) is 7.80. The van der Waals surface area contributed by atoms with Crippen LogP contribution < -0.4 is 19.9 Å². The van der Waals surface area contributed by atoms with Gasteiger partial charge >= 0.3 is 0 Å². The summed E-state index contributed by atoms with van der Waals surface area (Å²) in [5.74, 6) is 2.73. The number of nitrogens with one attached hydrogen (secondary N) is 1. The normalized spacial score (nSPS) is 10.8. The Morgan fingerprint density at radius 1 is 1.04 bits per heavy atom. The summed E-state index contributed by atoms with van der Waals surface area (Å²) in [6.07, 6.45) is 0.939. The second-order valence-electron chi connectivity index (χ2n) is 5.41. The van der Waals surface area contributed by atoms with E-state index in [1.807, 2.05) is 30.3 Å². The summed E-state index contributed by atoms with van der Waals surface area (Å²) in [6, 6.07) is 9.38. The fourth-order valence-electron chi connectivity index (χ4n) is 2.51. The zero-order chi connectivity index (χ0) is 17.1. The van der Waals surface area contributed by atoms with Crippen LogP contribution in [-0.4, -0.2) is 30.8 Å². The van der Waals surface area contributed by atoms with Crippen molar-refractivity contribution in [3.8, 4) is 28.6 Å². The number of nitrogen functional groups attached to an aromatic ring is 1. The van der Waals surface area contributed by atoms with Crippen molar-refractivity contribution in [2.24, 2.45) is 0 Å². The number of fused-ring (bicyclic) bond motifs is 1. The van der Waals surface area contributed by atoms with Crippen LogP contribution in [0.15, 0.2) is 30.3 Å². The molecule has 0 saturated carbocycles. The minimum Gasteiger partial charge on any atom is -0.493 e. The number of H-pyrrole nitrogens is 1. The smallest absolute Gasteiger partial charge is 0.163 e. The zero-order valence-electron chi connectivity index (χ0n) is 14.1. The predicted molar refractivity (Wildman–Crippen MR) is 94.8 cm³/mol. The second kappa shape index (κ2) is 6.70. The molecule has 3 aromatic rings. The van der Waals surface area contributed by atoms with E-state index in [0.717, 1.165) is 28.8 Å². The number of nitrogens with two attached hydrogens (primary N) is 1. The maximum Gasteiger partial charge on any atom is 0.163 e. The minimum atomic E-state index is 0.594. The Hall–Kier alpha value is -2.89. The van der Waals surface area contributed by atoms with Gasteiger partial charge in [-0.05, 0) is 24.6 Å². The van der Waals surface area contributed by atoms with Crippen molar-refractivity contribution in [2.45, 2.75) is 13.3 Å². The van der Waals surface area contributed by atoms with Crippen LogP contribution in [0.3, 0.4) is 0 Å². The number of anilines is 1. The van der Waals surface area contributed by atoms with Crippen LogP contribution in [0.25, 0.3) is 22.4 Å². The molecule has 6 heteroatoms. The molecule has 0 atom stereocenters. The monoisotopic (exact) mass is 327 g/mol. The number of imidazole rings is 1. The molecular weight excluding hydrogens is 306 g/mol. The molecule has 2 aromatic carbocycles. The van der Waals surface area contributed by atoms with Crippen molar-refractivity contribution in [3.63, 3.8) is 0 Å². The molecule has 0 fully saturated rings. The highest BCUT2D eigenvalue weighted by Gasteiger charge is 2.12. The number of hydrogen-bond acceptors (Lipinski definition) is 5. The molecule has 3 rings (SSSR count). The molecule has 24 heavy (non-hydrogen) atoms. The van der Waals surface area contributed by atoms with E-state index in [2.05, 4.69) is 16.9 Å². The van der Waals surface area contributed by atoms with Crippen molar-refractivity contribution in [1.29, 1.82) is 0 Å². The summed E-state index contributed by atoms with van der Waals surface area (Å²) >= 11 is 0. The lowest BCUT2D eigenvalue weighted by Gasteiger charge is -2.08. The molecule has 0 radical (unpaired) electrons. The number of rotatable bonds is 6. The molecule has 0 aliphatic heterocycles. The lowest BCUT2D eigenvalue weighted by Crippen LogP contribution is -1.99. The first kappa shape index (κ1) is 16.0. The number of nitrogens with zero attached hydrogens (tertiary/aromatic N) is 1. The molecule has 1 aromatic heterocycles. The molecule has 126 valence electrons. The van der Waals surface area contributed by atoms with Gasteiger partial charge in [0.15, 0.2) is 11.5 Å².